The van der Waals surface area contributed by atoms with E-state index in [0.717, 1.165) is 6.07 Å². The molecular formula is C12H12ClFO3. The molecule has 3 nitrogen and oxygen atoms in total. The molecule has 92 valence electrons. The fourth-order valence-electron chi connectivity index (χ4n) is 1.31. The molecule has 0 saturated carbocycles. The van der Waals surface area contributed by atoms with E-state index in [1.54, 1.807) is 6.92 Å². The fourth-order valence-corrected chi connectivity index (χ4v) is 1.47. The third-order valence-electron chi connectivity index (χ3n) is 2.05. The van der Waals surface area contributed by atoms with E-state index in [1.165, 1.54) is 12.1 Å². The first-order valence-corrected chi connectivity index (χ1v) is 5.52. The maximum absolute atomic E-state index is 13.3. The van der Waals surface area contributed by atoms with E-state index in [2.05, 4.69) is 4.74 Å². The van der Waals surface area contributed by atoms with Gasteiger partial charge in [0, 0.05) is 11.4 Å². The number of esters is 1. The number of benzene rings is 1. The van der Waals surface area contributed by atoms with Gasteiger partial charge in [0.25, 0.3) is 0 Å². The second kappa shape index (κ2) is 6.35. The minimum Gasteiger partial charge on any atom is -0.466 e. The number of ketones is 1. The molecule has 0 unspecified atom stereocenters. The van der Waals surface area contributed by atoms with Crippen molar-refractivity contribution in [3.63, 3.8) is 0 Å². The summed E-state index contributed by atoms with van der Waals surface area (Å²) in [6, 6.07) is 4.06. The quantitative estimate of drug-likeness (QED) is 0.602. The summed E-state index contributed by atoms with van der Waals surface area (Å²) in [6.45, 7) is 1.88. The molecule has 0 aliphatic heterocycles. The van der Waals surface area contributed by atoms with Gasteiger partial charge in [-0.1, -0.05) is 17.7 Å². The summed E-state index contributed by atoms with van der Waals surface area (Å²) < 4.78 is 18.0. The van der Waals surface area contributed by atoms with E-state index in [9.17, 15) is 14.0 Å². The fraction of sp³-hybridized carbons (Fsp3) is 0.333. The van der Waals surface area contributed by atoms with Crippen LogP contribution in [0.5, 0.6) is 0 Å². The number of rotatable bonds is 5. The van der Waals surface area contributed by atoms with Crippen molar-refractivity contribution in [3.8, 4) is 0 Å². The molecule has 0 N–H and O–H groups in total. The number of carbonyl (C=O) groups is 2. The van der Waals surface area contributed by atoms with Gasteiger partial charge in [0.1, 0.15) is 18.0 Å². The first kappa shape index (κ1) is 13.6. The largest absolute Gasteiger partial charge is 0.466 e. The molecule has 1 rings (SSSR count). The Balaban J connectivity index is 2.59. The molecule has 0 fully saturated rings. The topological polar surface area (TPSA) is 43.4 Å². The normalized spacial score (nSPS) is 10.1. The van der Waals surface area contributed by atoms with E-state index in [-0.39, 0.29) is 35.8 Å². The molecule has 0 aliphatic carbocycles. The highest BCUT2D eigenvalue weighted by atomic mass is 35.5. The molecule has 0 atom stereocenters. The van der Waals surface area contributed by atoms with Crippen molar-refractivity contribution < 1.29 is 18.7 Å². The summed E-state index contributed by atoms with van der Waals surface area (Å²) in [6.07, 6.45) is -0.474. The number of Topliss-reactive ketones (excluding diaryl/α,β-unsaturated/α-hetero) is 1. The van der Waals surface area contributed by atoms with Crippen LogP contribution in [0.3, 0.4) is 0 Å². The molecule has 0 aliphatic rings. The Morgan fingerprint density at radius 2 is 2.12 bits per heavy atom. The summed E-state index contributed by atoms with van der Waals surface area (Å²) in [4.78, 5) is 22.5. The molecular weight excluding hydrogens is 247 g/mol. The van der Waals surface area contributed by atoms with Crippen LogP contribution in [-0.4, -0.2) is 18.4 Å². The lowest BCUT2D eigenvalue weighted by Gasteiger charge is -2.03. The summed E-state index contributed by atoms with van der Waals surface area (Å²) in [5.74, 6) is -1.52. The molecule has 1 aromatic carbocycles. The van der Waals surface area contributed by atoms with Gasteiger partial charge in [-0.15, -0.1) is 0 Å². The molecule has 0 radical (unpaired) electrons. The molecule has 5 heteroatoms. The van der Waals surface area contributed by atoms with E-state index in [1.807, 2.05) is 0 Å². The molecule has 0 aromatic heterocycles. The maximum atomic E-state index is 13.3. The summed E-state index contributed by atoms with van der Waals surface area (Å²) >= 11 is 5.58. The van der Waals surface area contributed by atoms with Crippen LogP contribution < -0.4 is 0 Å². The Morgan fingerprint density at radius 3 is 2.71 bits per heavy atom. The van der Waals surface area contributed by atoms with Crippen LogP contribution in [0.2, 0.25) is 5.02 Å². The number of ether oxygens (including phenoxy) is 1. The summed E-state index contributed by atoms with van der Waals surface area (Å²) in [5.41, 5.74) is 0.226. The number of carbonyl (C=O) groups excluding carboxylic acids is 2. The van der Waals surface area contributed by atoms with Crippen molar-refractivity contribution in [1.29, 1.82) is 0 Å². The number of hydrogen-bond donors (Lipinski definition) is 0. The highest BCUT2D eigenvalue weighted by molar-refractivity contribution is 6.30. The lowest BCUT2D eigenvalue weighted by atomic mass is 10.1. The van der Waals surface area contributed by atoms with Gasteiger partial charge in [-0.05, 0) is 24.6 Å². The Bertz CT molecular complexity index is 432. The Labute approximate surface area is 104 Å². The number of halogens is 2. The van der Waals surface area contributed by atoms with E-state index in [4.69, 9.17) is 11.6 Å². The molecule has 0 spiro atoms. The predicted molar refractivity (Wildman–Crippen MR) is 61.4 cm³/mol. The third kappa shape index (κ3) is 4.53. The zero-order valence-corrected chi connectivity index (χ0v) is 10.1. The Kier molecular flexibility index (Phi) is 5.10. The average molecular weight is 259 g/mol. The van der Waals surface area contributed by atoms with Crippen LogP contribution >= 0.6 is 11.6 Å². The van der Waals surface area contributed by atoms with Gasteiger partial charge in [0.2, 0.25) is 0 Å². The van der Waals surface area contributed by atoms with Crippen molar-refractivity contribution in [1.82, 2.24) is 0 Å². The van der Waals surface area contributed by atoms with Gasteiger partial charge in [-0.25, -0.2) is 4.39 Å². The van der Waals surface area contributed by atoms with Gasteiger partial charge in [-0.3, -0.25) is 9.59 Å². The minimum atomic E-state index is -0.591. The van der Waals surface area contributed by atoms with Crippen molar-refractivity contribution in [2.24, 2.45) is 0 Å². The first-order chi connectivity index (χ1) is 8.02. The third-order valence-corrected chi connectivity index (χ3v) is 2.28. The molecule has 0 amide bonds. The highest BCUT2D eigenvalue weighted by Gasteiger charge is 2.13. The Hall–Kier alpha value is -1.42. The SMILES string of the molecule is CCOC(=O)CC(=O)Cc1ccc(Cl)cc1F. The second-order valence-electron chi connectivity index (χ2n) is 3.43. The lowest BCUT2D eigenvalue weighted by Crippen LogP contribution is -2.13. The zero-order valence-electron chi connectivity index (χ0n) is 9.33. The van der Waals surface area contributed by atoms with Gasteiger partial charge in [0.15, 0.2) is 0 Å². The zero-order chi connectivity index (χ0) is 12.8. The van der Waals surface area contributed by atoms with Crippen LogP contribution in [0, 0.1) is 5.82 Å². The van der Waals surface area contributed by atoms with Gasteiger partial charge in [0.05, 0.1) is 6.61 Å². The molecule has 1 aromatic rings. The van der Waals surface area contributed by atoms with Gasteiger partial charge in [-0.2, -0.15) is 0 Å². The van der Waals surface area contributed by atoms with Crippen LogP contribution in [0.1, 0.15) is 18.9 Å². The van der Waals surface area contributed by atoms with Gasteiger partial charge < -0.3 is 4.74 Å². The summed E-state index contributed by atoms with van der Waals surface area (Å²) in [5, 5.41) is 0.268. The van der Waals surface area contributed by atoms with Crippen molar-refractivity contribution in [3.05, 3.63) is 34.6 Å². The predicted octanol–water partition coefficient (Wildman–Crippen LogP) is 2.54. The smallest absolute Gasteiger partial charge is 0.313 e. The molecule has 0 bridgehead atoms. The van der Waals surface area contributed by atoms with Crippen LogP contribution in [0.4, 0.5) is 4.39 Å². The molecule has 17 heavy (non-hydrogen) atoms. The van der Waals surface area contributed by atoms with Crippen LogP contribution in [-0.2, 0) is 20.7 Å². The van der Waals surface area contributed by atoms with Crippen LogP contribution in [0.15, 0.2) is 18.2 Å². The highest BCUT2D eigenvalue weighted by Crippen LogP contribution is 2.15. The van der Waals surface area contributed by atoms with E-state index in [0.29, 0.717) is 0 Å². The molecule has 0 saturated heterocycles. The Morgan fingerprint density at radius 1 is 1.41 bits per heavy atom. The van der Waals surface area contributed by atoms with Crippen molar-refractivity contribution in [2.75, 3.05) is 6.61 Å². The maximum Gasteiger partial charge on any atom is 0.313 e. The van der Waals surface area contributed by atoms with Crippen LogP contribution in [0.25, 0.3) is 0 Å². The monoisotopic (exact) mass is 258 g/mol. The lowest BCUT2D eigenvalue weighted by molar-refractivity contribution is -0.145. The molecule has 0 heterocycles. The number of hydrogen-bond acceptors (Lipinski definition) is 3. The van der Waals surface area contributed by atoms with Crippen molar-refractivity contribution >= 4 is 23.4 Å². The second-order valence-corrected chi connectivity index (χ2v) is 3.87. The van der Waals surface area contributed by atoms with E-state index >= 15 is 0 Å². The minimum absolute atomic E-state index is 0.137. The first-order valence-electron chi connectivity index (χ1n) is 5.14. The summed E-state index contributed by atoms with van der Waals surface area (Å²) in [7, 11) is 0. The average Bonchev–Trinajstić information content (AvgIpc) is 2.22. The van der Waals surface area contributed by atoms with Gasteiger partial charge >= 0.3 is 5.97 Å². The standard InChI is InChI=1S/C12H12ClFO3/c1-2-17-12(16)7-10(15)5-8-3-4-9(13)6-11(8)14/h3-4,6H,2,5,7H2,1H3. The van der Waals surface area contributed by atoms with Crippen molar-refractivity contribution in [2.45, 2.75) is 19.8 Å². The van der Waals surface area contributed by atoms with E-state index < -0.39 is 11.8 Å².